The number of para-hydroxylation sites is 1. The van der Waals surface area contributed by atoms with Gasteiger partial charge in [-0.15, -0.1) is 0 Å². The van der Waals surface area contributed by atoms with Gasteiger partial charge in [0.1, 0.15) is 5.75 Å². The summed E-state index contributed by atoms with van der Waals surface area (Å²) in [5.41, 5.74) is -0.0664. The van der Waals surface area contributed by atoms with Gasteiger partial charge in [0, 0.05) is 6.54 Å². The predicted octanol–water partition coefficient (Wildman–Crippen LogP) is 5.12. The molecule has 2 rings (SSSR count). The van der Waals surface area contributed by atoms with Crippen LogP contribution in [0.5, 0.6) is 5.75 Å². The highest BCUT2D eigenvalue weighted by Gasteiger charge is 2.31. The maximum absolute atomic E-state index is 12.7. The van der Waals surface area contributed by atoms with Crippen LogP contribution in [0.1, 0.15) is 18.1 Å². The minimum atomic E-state index is -4.51. The fraction of sp³-hybridized carbons (Fsp3) is 0.278. The van der Waals surface area contributed by atoms with E-state index in [2.05, 4.69) is 10.6 Å². The number of carbonyl (C=O) groups is 1. The molecule has 0 radical (unpaired) electrons. The summed E-state index contributed by atoms with van der Waals surface area (Å²) >= 11 is 5.85. The summed E-state index contributed by atoms with van der Waals surface area (Å²) < 4.78 is 43.7. The second-order valence-electron chi connectivity index (χ2n) is 5.36. The summed E-state index contributed by atoms with van der Waals surface area (Å²) in [6, 6.07) is 9.54. The summed E-state index contributed by atoms with van der Waals surface area (Å²) in [5, 5.41) is 4.95. The van der Waals surface area contributed by atoms with Crippen LogP contribution < -0.4 is 15.4 Å². The molecule has 0 atom stereocenters. The Balaban J connectivity index is 1.94. The molecular weight excluding hydrogens is 369 g/mol. The zero-order valence-corrected chi connectivity index (χ0v) is 14.7. The van der Waals surface area contributed by atoms with E-state index in [1.54, 1.807) is 0 Å². The Morgan fingerprint density at radius 3 is 2.62 bits per heavy atom. The van der Waals surface area contributed by atoms with Crippen LogP contribution in [0, 0.1) is 0 Å². The van der Waals surface area contributed by atoms with Gasteiger partial charge in [-0.2, -0.15) is 13.2 Å². The van der Waals surface area contributed by atoms with E-state index in [1.807, 2.05) is 31.2 Å². The lowest BCUT2D eigenvalue weighted by atomic mass is 10.1. The van der Waals surface area contributed by atoms with Gasteiger partial charge < -0.3 is 15.4 Å². The number of hydrogen-bond acceptors (Lipinski definition) is 2. The van der Waals surface area contributed by atoms with Crippen LogP contribution in [0.2, 0.25) is 5.02 Å². The van der Waals surface area contributed by atoms with Crippen LogP contribution in [-0.4, -0.2) is 19.2 Å². The van der Waals surface area contributed by atoms with E-state index >= 15 is 0 Å². The van der Waals surface area contributed by atoms with Crippen molar-refractivity contribution in [3.8, 4) is 5.75 Å². The van der Waals surface area contributed by atoms with Crippen molar-refractivity contribution in [1.29, 1.82) is 0 Å². The Morgan fingerprint density at radius 2 is 1.92 bits per heavy atom. The van der Waals surface area contributed by atoms with Crippen molar-refractivity contribution >= 4 is 23.3 Å². The van der Waals surface area contributed by atoms with Crippen molar-refractivity contribution in [3.63, 3.8) is 0 Å². The van der Waals surface area contributed by atoms with Gasteiger partial charge >= 0.3 is 12.2 Å². The number of alkyl halides is 3. The topological polar surface area (TPSA) is 50.4 Å². The van der Waals surface area contributed by atoms with Gasteiger partial charge in [0.25, 0.3) is 0 Å². The van der Waals surface area contributed by atoms with Crippen LogP contribution in [0.4, 0.5) is 23.7 Å². The third-order valence-electron chi connectivity index (χ3n) is 3.49. The standard InChI is InChI=1S/C18H18ClF3N2O2/c1-2-26-16-6-4-3-5-12(16)9-10-23-17(25)24-15-11-13(18(20,21)22)7-8-14(15)19/h3-8,11H,2,9-10H2,1H3,(H2,23,24,25). The summed E-state index contributed by atoms with van der Waals surface area (Å²) in [5.74, 6) is 0.734. The SMILES string of the molecule is CCOc1ccccc1CCNC(=O)Nc1cc(C(F)(F)F)ccc1Cl. The largest absolute Gasteiger partial charge is 0.494 e. The fourth-order valence-electron chi connectivity index (χ4n) is 2.28. The summed E-state index contributed by atoms with van der Waals surface area (Å²) in [4.78, 5) is 11.9. The summed E-state index contributed by atoms with van der Waals surface area (Å²) in [6.07, 6.45) is -4.00. The smallest absolute Gasteiger partial charge is 0.416 e. The van der Waals surface area contributed by atoms with Crippen LogP contribution in [0.25, 0.3) is 0 Å². The number of amides is 2. The molecule has 0 bridgehead atoms. The first-order chi connectivity index (χ1) is 12.3. The van der Waals surface area contributed by atoms with Crippen LogP contribution in [-0.2, 0) is 12.6 Å². The highest BCUT2D eigenvalue weighted by atomic mass is 35.5. The van der Waals surface area contributed by atoms with Gasteiger partial charge in [-0.05, 0) is 43.2 Å². The number of carbonyl (C=O) groups excluding carboxylic acids is 1. The number of hydrogen-bond donors (Lipinski definition) is 2. The summed E-state index contributed by atoms with van der Waals surface area (Å²) in [6.45, 7) is 2.69. The molecule has 4 nitrogen and oxygen atoms in total. The van der Waals surface area contributed by atoms with Gasteiger partial charge in [0.15, 0.2) is 0 Å². The molecule has 0 aliphatic carbocycles. The van der Waals surface area contributed by atoms with E-state index in [0.717, 1.165) is 29.5 Å². The molecule has 0 saturated heterocycles. The lowest BCUT2D eigenvalue weighted by molar-refractivity contribution is -0.137. The van der Waals surface area contributed by atoms with E-state index in [9.17, 15) is 18.0 Å². The van der Waals surface area contributed by atoms with Gasteiger partial charge in [0.2, 0.25) is 0 Å². The van der Waals surface area contributed by atoms with Crippen LogP contribution in [0.3, 0.4) is 0 Å². The lowest BCUT2D eigenvalue weighted by Gasteiger charge is -2.13. The maximum Gasteiger partial charge on any atom is 0.416 e. The first kappa shape index (κ1) is 19.9. The molecule has 0 aromatic heterocycles. The molecule has 2 amide bonds. The van der Waals surface area contributed by atoms with Gasteiger partial charge in [-0.25, -0.2) is 4.79 Å². The third kappa shape index (κ3) is 5.56. The van der Waals surface area contributed by atoms with E-state index in [4.69, 9.17) is 16.3 Å². The monoisotopic (exact) mass is 386 g/mol. The Hall–Kier alpha value is -2.41. The highest BCUT2D eigenvalue weighted by Crippen LogP contribution is 2.33. The van der Waals surface area contributed by atoms with E-state index < -0.39 is 17.8 Å². The molecule has 2 aromatic rings. The number of rotatable bonds is 6. The second kappa shape index (κ2) is 8.80. The molecule has 8 heteroatoms. The zero-order chi connectivity index (χ0) is 19.2. The van der Waals surface area contributed by atoms with Crippen LogP contribution in [0.15, 0.2) is 42.5 Å². The third-order valence-corrected chi connectivity index (χ3v) is 3.82. The first-order valence-corrected chi connectivity index (χ1v) is 8.31. The van der Waals surface area contributed by atoms with Crippen molar-refractivity contribution in [2.45, 2.75) is 19.5 Å². The molecule has 140 valence electrons. The van der Waals surface area contributed by atoms with Crippen LogP contribution >= 0.6 is 11.6 Å². The number of benzene rings is 2. The fourth-order valence-corrected chi connectivity index (χ4v) is 2.45. The average Bonchev–Trinajstić information content (AvgIpc) is 2.57. The van der Waals surface area contributed by atoms with E-state index in [0.29, 0.717) is 13.0 Å². The molecule has 0 heterocycles. The Kier molecular flexibility index (Phi) is 6.74. The normalized spacial score (nSPS) is 11.1. The number of urea groups is 1. The predicted molar refractivity (Wildman–Crippen MR) is 94.8 cm³/mol. The van der Waals surface area contributed by atoms with Crippen molar-refractivity contribution in [3.05, 3.63) is 58.6 Å². The van der Waals surface area contributed by atoms with Crippen molar-refractivity contribution < 1.29 is 22.7 Å². The minimum absolute atomic E-state index is 0.0230. The summed E-state index contributed by atoms with van der Waals surface area (Å²) in [7, 11) is 0. The van der Waals surface area contributed by atoms with E-state index in [1.165, 1.54) is 0 Å². The first-order valence-electron chi connectivity index (χ1n) is 7.93. The number of ether oxygens (including phenoxy) is 1. The quantitative estimate of drug-likeness (QED) is 0.723. The molecule has 0 spiro atoms. The van der Waals surface area contributed by atoms with Crippen molar-refractivity contribution in [2.24, 2.45) is 0 Å². The number of anilines is 1. The molecular formula is C18H18ClF3N2O2. The number of nitrogens with one attached hydrogen (secondary N) is 2. The molecule has 2 aromatic carbocycles. The van der Waals surface area contributed by atoms with Crippen molar-refractivity contribution in [2.75, 3.05) is 18.5 Å². The van der Waals surface area contributed by atoms with E-state index in [-0.39, 0.29) is 17.3 Å². The zero-order valence-electron chi connectivity index (χ0n) is 14.0. The molecule has 0 fully saturated rings. The second-order valence-corrected chi connectivity index (χ2v) is 5.77. The maximum atomic E-state index is 12.7. The molecule has 26 heavy (non-hydrogen) atoms. The number of halogens is 4. The van der Waals surface area contributed by atoms with Gasteiger partial charge in [-0.3, -0.25) is 0 Å². The Morgan fingerprint density at radius 1 is 1.19 bits per heavy atom. The Bertz CT molecular complexity index is 766. The minimum Gasteiger partial charge on any atom is -0.494 e. The lowest BCUT2D eigenvalue weighted by Crippen LogP contribution is -2.30. The van der Waals surface area contributed by atoms with Crippen molar-refractivity contribution in [1.82, 2.24) is 5.32 Å². The Labute approximate surface area is 154 Å². The molecule has 0 aliphatic rings. The molecule has 0 saturated carbocycles. The molecule has 0 aliphatic heterocycles. The molecule has 0 unspecified atom stereocenters. The highest BCUT2D eigenvalue weighted by molar-refractivity contribution is 6.33. The van der Waals surface area contributed by atoms with Gasteiger partial charge in [-0.1, -0.05) is 29.8 Å². The van der Waals surface area contributed by atoms with Gasteiger partial charge in [0.05, 0.1) is 22.9 Å². The average molecular weight is 387 g/mol. The molecule has 2 N–H and O–H groups in total.